The summed E-state index contributed by atoms with van der Waals surface area (Å²) in [5, 5.41) is 0. The summed E-state index contributed by atoms with van der Waals surface area (Å²) in [7, 11) is 1.53. The maximum atomic E-state index is 14.8. The van der Waals surface area contributed by atoms with Crippen LogP contribution in [0, 0.1) is 17.0 Å². The highest BCUT2D eigenvalue weighted by Gasteiger charge is 2.79. The number of ether oxygens (including phenoxy) is 1. The molecule has 136 valence electrons. The number of benzene rings is 2. The zero-order valence-electron chi connectivity index (χ0n) is 14.0. The molecule has 3 fully saturated rings. The van der Waals surface area contributed by atoms with Crippen LogP contribution < -0.4 is 4.74 Å². The van der Waals surface area contributed by atoms with E-state index in [4.69, 9.17) is 4.74 Å². The molecule has 3 saturated carbocycles. The zero-order valence-corrected chi connectivity index (χ0v) is 14.0. The van der Waals surface area contributed by atoms with E-state index in [0.29, 0.717) is 11.8 Å². The van der Waals surface area contributed by atoms with E-state index in [2.05, 4.69) is 0 Å². The van der Waals surface area contributed by atoms with E-state index < -0.39 is 34.3 Å². The lowest BCUT2D eigenvalue weighted by atomic mass is 9.31. The Kier molecular flexibility index (Phi) is 3.49. The second-order valence-electron chi connectivity index (χ2n) is 7.35. The van der Waals surface area contributed by atoms with Gasteiger partial charge in [-0.25, -0.2) is 8.78 Å². The van der Waals surface area contributed by atoms with Crippen molar-refractivity contribution in [1.82, 2.24) is 0 Å². The Labute approximate surface area is 147 Å². The van der Waals surface area contributed by atoms with E-state index in [1.807, 2.05) is 12.1 Å². The van der Waals surface area contributed by atoms with Gasteiger partial charge in [0.05, 0.1) is 12.7 Å². The minimum atomic E-state index is -3.69. The van der Waals surface area contributed by atoms with Crippen molar-refractivity contribution in [3.05, 3.63) is 65.2 Å². The average molecular weight is 364 g/mol. The molecule has 2 nitrogen and oxygen atoms in total. The topological polar surface area (TPSA) is 26.3 Å². The molecule has 0 saturated heterocycles. The van der Waals surface area contributed by atoms with Crippen molar-refractivity contribution in [2.45, 2.75) is 30.6 Å². The molecule has 0 atom stereocenters. The van der Waals surface area contributed by atoms with Gasteiger partial charge in [-0.15, -0.1) is 0 Å². The van der Waals surface area contributed by atoms with E-state index >= 15 is 0 Å². The third-order valence-corrected chi connectivity index (χ3v) is 5.84. The van der Waals surface area contributed by atoms with Crippen molar-refractivity contribution in [2.75, 3.05) is 7.11 Å². The van der Waals surface area contributed by atoms with Crippen LogP contribution in [0.2, 0.25) is 0 Å². The fraction of sp³-hybridized carbons (Fsp3) is 0.350. The van der Waals surface area contributed by atoms with Gasteiger partial charge >= 0.3 is 5.92 Å². The van der Waals surface area contributed by atoms with Crippen LogP contribution in [0.1, 0.15) is 35.2 Å². The largest absolute Gasteiger partial charge is 0.497 e. The number of hydrogen-bond acceptors (Lipinski definition) is 2. The highest BCUT2D eigenvalue weighted by atomic mass is 19.3. The molecule has 3 aliphatic carbocycles. The molecule has 0 N–H and O–H groups in total. The molecule has 0 radical (unpaired) electrons. The molecular formula is C20H16F4O2. The Balaban J connectivity index is 1.57. The summed E-state index contributed by atoms with van der Waals surface area (Å²) in [5.74, 6) is -6.79. The summed E-state index contributed by atoms with van der Waals surface area (Å²) < 4.78 is 61.6. The Morgan fingerprint density at radius 3 is 2.38 bits per heavy atom. The van der Waals surface area contributed by atoms with Gasteiger partial charge in [-0.2, -0.15) is 8.78 Å². The first-order valence-electron chi connectivity index (χ1n) is 8.25. The van der Waals surface area contributed by atoms with E-state index in [1.165, 1.54) is 7.11 Å². The molecule has 0 spiro atoms. The average Bonchev–Trinajstić information content (AvgIpc) is 2.51. The molecule has 2 bridgehead atoms. The van der Waals surface area contributed by atoms with Gasteiger partial charge in [0.2, 0.25) is 5.78 Å². The standard InChI is InChI=1S/C20H16F4O2/c1-26-14-4-2-3-12(7-14)18-9-19(10-18,11-18)20(23,24)17(25)15-6-5-13(21)8-16(15)22/h2-8H,9-11H2,1H3. The quantitative estimate of drug-likeness (QED) is 0.556. The first-order chi connectivity index (χ1) is 12.2. The SMILES string of the molecule is COc1cccc(C23CC(C(F)(F)C(=O)c4ccc(F)cc4F)(C2)C3)c1. The fourth-order valence-corrected chi connectivity index (χ4v) is 4.46. The molecule has 2 aromatic rings. The summed E-state index contributed by atoms with van der Waals surface area (Å²) >= 11 is 0. The molecule has 3 aliphatic rings. The first kappa shape index (κ1) is 17.1. The monoisotopic (exact) mass is 364 g/mol. The minimum absolute atomic E-state index is 0.161. The van der Waals surface area contributed by atoms with Crippen LogP contribution in [0.3, 0.4) is 0 Å². The minimum Gasteiger partial charge on any atom is -0.497 e. The number of alkyl halides is 2. The summed E-state index contributed by atoms with van der Waals surface area (Å²) in [6.45, 7) is 0. The van der Waals surface area contributed by atoms with Crippen molar-refractivity contribution in [1.29, 1.82) is 0 Å². The molecule has 0 aromatic heterocycles. The van der Waals surface area contributed by atoms with Gasteiger partial charge in [0.15, 0.2) is 0 Å². The normalized spacial score (nSPS) is 26.7. The molecule has 2 aromatic carbocycles. The lowest BCUT2D eigenvalue weighted by molar-refractivity contribution is -0.256. The second kappa shape index (κ2) is 5.32. The number of Topliss-reactive ketones (excluding diaryl/α,β-unsaturated/α-hetero) is 1. The van der Waals surface area contributed by atoms with Crippen molar-refractivity contribution in [2.24, 2.45) is 5.41 Å². The van der Waals surface area contributed by atoms with E-state index in [1.54, 1.807) is 12.1 Å². The van der Waals surface area contributed by atoms with Crippen LogP contribution in [0.25, 0.3) is 0 Å². The molecule has 26 heavy (non-hydrogen) atoms. The van der Waals surface area contributed by atoms with Gasteiger partial charge in [-0.3, -0.25) is 4.79 Å². The van der Waals surface area contributed by atoms with E-state index in [-0.39, 0.29) is 24.7 Å². The predicted octanol–water partition coefficient (Wildman–Crippen LogP) is 4.91. The van der Waals surface area contributed by atoms with Gasteiger partial charge in [-0.1, -0.05) is 12.1 Å². The van der Waals surface area contributed by atoms with E-state index in [9.17, 15) is 22.4 Å². The van der Waals surface area contributed by atoms with Crippen molar-refractivity contribution >= 4 is 5.78 Å². The van der Waals surface area contributed by atoms with Crippen molar-refractivity contribution in [3.63, 3.8) is 0 Å². The number of carbonyl (C=O) groups excluding carboxylic acids is 1. The number of ketones is 1. The first-order valence-corrected chi connectivity index (χ1v) is 8.25. The number of halogens is 4. The van der Waals surface area contributed by atoms with Gasteiger partial charge in [0.25, 0.3) is 0 Å². The predicted molar refractivity (Wildman–Crippen MR) is 86.6 cm³/mol. The Bertz CT molecular complexity index is 887. The molecule has 0 heterocycles. The van der Waals surface area contributed by atoms with Crippen LogP contribution in [-0.4, -0.2) is 18.8 Å². The lowest BCUT2D eigenvalue weighted by Crippen LogP contribution is -2.73. The summed E-state index contributed by atoms with van der Waals surface area (Å²) in [6, 6.07) is 9.31. The van der Waals surface area contributed by atoms with Gasteiger partial charge < -0.3 is 4.74 Å². The molecule has 5 rings (SSSR count). The third kappa shape index (κ3) is 2.14. The Morgan fingerprint density at radius 1 is 1.08 bits per heavy atom. The van der Waals surface area contributed by atoms with Gasteiger partial charge in [0, 0.05) is 11.5 Å². The van der Waals surface area contributed by atoms with E-state index in [0.717, 1.165) is 17.7 Å². The molecular weight excluding hydrogens is 348 g/mol. The van der Waals surface area contributed by atoms with Crippen molar-refractivity contribution < 1.29 is 27.1 Å². The lowest BCUT2D eigenvalue weighted by Gasteiger charge is -2.72. The third-order valence-electron chi connectivity index (χ3n) is 5.84. The number of carbonyl (C=O) groups is 1. The smallest absolute Gasteiger partial charge is 0.315 e. The van der Waals surface area contributed by atoms with Gasteiger partial charge in [0.1, 0.15) is 17.4 Å². The van der Waals surface area contributed by atoms with Crippen LogP contribution in [0.5, 0.6) is 5.75 Å². The maximum Gasteiger partial charge on any atom is 0.315 e. The van der Waals surface area contributed by atoms with Crippen LogP contribution >= 0.6 is 0 Å². The molecule has 0 aliphatic heterocycles. The highest BCUT2D eigenvalue weighted by Crippen LogP contribution is 2.78. The van der Waals surface area contributed by atoms with Crippen LogP contribution in [0.4, 0.5) is 17.6 Å². The Morgan fingerprint density at radius 2 is 1.77 bits per heavy atom. The summed E-state index contributed by atoms with van der Waals surface area (Å²) in [5.41, 5.74) is -1.68. The zero-order chi connectivity index (χ0) is 18.7. The van der Waals surface area contributed by atoms with Crippen molar-refractivity contribution in [3.8, 4) is 5.75 Å². The fourth-order valence-electron chi connectivity index (χ4n) is 4.46. The molecule has 0 amide bonds. The highest BCUT2D eigenvalue weighted by molar-refractivity contribution is 6.02. The molecule has 6 heteroatoms. The number of methoxy groups -OCH3 is 1. The number of rotatable bonds is 5. The number of hydrogen-bond donors (Lipinski definition) is 0. The summed E-state index contributed by atoms with van der Waals surface area (Å²) in [6.07, 6.45) is 0.484. The van der Waals surface area contributed by atoms with Gasteiger partial charge in [-0.05, 0) is 54.5 Å². The molecule has 0 unspecified atom stereocenters. The van der Waals surface area contributed by atoms with Crippen LogP contribution in [0.15, 0.2) is 42.5 Å². The maximum absolute atomic E-state index is 14.8. The summed E-state index contributed by atoms with van der Waals surface area (Å²) in [4.78, 5) is 12.3. The second-order valence-corrected chi connectivity index (χ2v) is 7.35. The Hall–Kier alpha value is -2.37. The van der Waals surface area contributed by atoms with Crippen LogP contribution in [-0.2, 0) is 5.41 Å².